The van der Waals surface area contributed by atoms with Crippen LogP contribution in [0.25, 0.3) is 11.3 Å². The quantitative estimate of drug-likeness (QED) is 0.665. The van der Waals surface area contributed by atoms with Crippen LogP contribution in [0.5, 0.6) is 0 Å². The van der Waals surface area contributed by atoms with Crippen molar-refractivity contribution in [2.75, 3.05) is 4.72 Å². The SMILES string of the molecule is Cc1cc(C)c(C)c(S(=O)(=O)Nc2ccccc2-c2cn3c(n2)CCCC3)c1C. The lowest BCUT2D eigenvalue weighted by Gasteiger charge is -2.18. The minimum absolute atomic E-state index is 0.369. The molecule has 1 aromatic heterocycles. The zero-order valence-electron chi connectivity index (χ0n) is 17.4. The van der Waals surface area contributed by atoms with Crippen molar-refractivity contribution in [3.63, 3.8) is 0 Å². The average molecular weight is 410 g/mol. The number of nitrogens with zero attached hydrogens (tertiary/aromatic N) is 2. The first kappa shape index (κ1) is 19.7. The van der Waals surface area contributed by atoms with E-state index in [0.29, 0.717) is 10.6 Å². The number of para-hydroxylation sites is 1. The number of aromatic nitrogens is 2. The lowest BCUT2D eigenvalue weighted by molar-refractivity contribution is 0.522. The maximum atomic E-state index is 13.4. The van der Waals surface area contributed by atoms with Crippen LogP contribution in [-0.4, -0.2) is 18.0 Å². The zero-order chi connectivity index (χ0) is 20.8. The number of sulfonamides is 1. The lowest BCUT2D eigenvalue weighted by Crippen LogP contribution is -2.17. The summed E-state index contributed by atoms with van der Waals surface area (Å²) >= 11 is 0. The number of rotatable bonds is 4. The number of anilines is 1. The highest BCUT2D eigenvalue weighted by molar-refractivity contribution is 7.92. The van der Waals surface area contributed by atoms with Crippen molar-refractivity contribution in [1.82, 2.24) is 9.55 Å². The lowest BCUT2D eigenvalue weighted by atomic mass is 10.0. The van der Waals surface area contributed by atoms with E-state index in [1.807, 2.05) is 58.2 Å². The topological polar surface area (TPSA) is 64.0 Å². The van der Waals surface area contributed by atoms with Gasteiger partial charge in [0, 0.05) is 24.7 Å². The predicted octanol–water partition coefficient (Wildman–Crippen LogP) is 4.92. The van der Waals surface area contributed by atoms with Gasteiger partial charge < -0.3 is 4.57 Å². The molecule has 0 amide bonds. The van der Waals surface area contributed by atoms with Crippen LogP contribution in [-0.2, 0) is 23.0 Å². The third-order valence-electron chi connectivity index (χ3n) is 5.92. The number of hydrogen-bond donors (Lipinski definition) is 1. The molecule has 0 bridgehead atoms. The Morgan fingerprint density at radius 3 is 2.38 bits per heavy atom. The predicted molar refractivity (Wildman–Crippen MR) is 117 cm³/mol. The molecule has 3 aromatic rings. The van der Waals surface area contributed by atoms with E-state index in [9.17, 15) is 8.42 Å². The Balaban J connectivity index is 1.77. The summed E-state index contributed by atoms with van der Waals surface area (Å²) in [5.41, 5.74) is 5.70. The summed E-state index contributed by atoms with van der Waals surface area (Å²) < 4.78 is 31.8. The molecule has 152 valence electrons. The van der Waals surface area contributed by atoms with Crippen LogP contribution in [0, 0.1) is 27.7 Å². The molecule has 0 saturated heterocycles. The zero-order valence-corrected chi connectivity index (χ0v) is 18.2. The molecular weight excluding hydrogens is 382 g/mol. The number of nitrogens with one attached hydrogen (secondary N) is 1. The van der Waals surface area contributed by atoms with Gasteiger partial charge in [0.1, 0.15) is 5.82 Å². The van der Waals surface area contributed by atoms with E-state index in [4.69, 9.17) is 4.98 Å². The molecule has 0 unspecified atom stereocenters. The largest absolute Gasteiger partial charge is 0.334 e. The van der Waals surface area contributed by atoms with Crippen molar-refractivity contribution in [1.29, 1.82) is 0 Å². The highest BCUT2D eigenvalue weighted by Crippen LogP contribution is 2.32. The Morgan fingerprint density at radius 1 is 1.00 bits per heavy atom. The fraction of sp³-hybridized carbons (Fsp3) is 0.348. The van der Waals surface area contributed by atoms with Gasteiger partial charge in [-0.05, 0) is 68.9 Å². The molecule has 1 N–H and O–H groups in total. The van der Waals surface area contributed by atoms with Crippen molar-refractivity contribution < 1.29 is 8.42 Å². The summed E-state index contributed by atoms with van der Waals surface area (Å²) in [4.78, 5) is 5.15. The van der Waals surface area contributed by atoms with Gasteiger partial charge in [0.2, 0.25) is 0 Å². The highest BCUT2D eigenvalue weighted by atomic mass is 32.2. The standard InChI is InChI=1S/C23H27N3O2S/c1-15-13-16(2)18(4)23(17(15)3)29(27,28)25-20-10-6-5-9-19(20)21-14-26-12-8-7-11-22(26)24-21/h5-6,9-10,13-14,25H,7-8,11-12H2,1-4H3. The number of fused-ring (bicyclic) bond motifs is 1. The molecule has 29 heavy (non-hydrogen) atoms. The second-order valence-electron chi connectivity index (χ2n) is 7.93. The second kappa shape index (κ2) is 7.34. The van der Waals surface area contributed by atoms with Crippen LogP contribution in [0.15, 0.2) is 41.4 Å². The Hall–Kier alpha value is -2.60. The molecule has 1 aliphatic heterocycles. The molecule has 0 radical (unpaired) electrons. The maximum absolute atomic E-state index is 13.4. The molecule has 6 heteroatoms. The summed E-state index contributed by atoms with van der Waals surface area (Å²) in [6.45, 7) is 8.60. The van der Waals surface area contributed by atoms with Crippen molar-refractivity contribution in [3.05, 3.63) is 64.6 Å². The van der Waals surface area contributed by atoms with Crippen LogP contribution >= 0.6 is 0 Å². The van der Waals surface area contributed by atoms with Gasteiger partial charge in [0.25, 0.3) is 10.0 Å². The molecule has 0 atom stereocenters. The minimum atomic E-state index is -3.74. The van der Waals surface area contributed by atoms with Crippen molar-refractivity contribution >= 4 is 15.7 Å². The third kappa shape index (κ3) is 3.57. The molecular formula is C23H27N3O2S. The summed E-state index contributed by atoms with van der Waals surface area (Å²) in [7, 11) is -3.74. The Kier molecular flexibility index (Phi) is 4.99. The first-order chi connectivity index (χ1) is 13.8. The fourth-order valence-electron chi connectivity index (χ4n) is 4.12. The highest BCUT2D eigenvalue weighted by Gasteiger charge is 2.24. The fourth-order valence-corrected chi connectivity index (χ4v) is 5.82. The first-order valence-corrected chi connectivity index (χ1v) is 11.5. The van der Waals surface area contributed by atoms with E-state index < -0.39 is 10.0 Å². The van der Waals surface area contributed by atoms with E-state index in [2.05, 4.69) is 9.29 Å². The molecule has 0 fully saturated rings. The number of aryl methyl sites for hydroxylation is 4. The van der Waals surface area contributed by atoms with Crippen LogP contribution < -0.4 is 4.72 Å². The summed E-state index contributed by atoms with van der Waals surface area (Å²) in [6, 6.07) is 9.52. The van der Waals surface area contributed by atoms with Crippen LogP contribution in [0.3, 0.4) is 0 Å². The second-order valence-corrected chi connectivity index (χ2v) is 9.55. The number of imidazole rings is 1. The molecule has 5 nitrogen and oxygen atoms in total. The Morgan fingerprint density at radius 2 is 1.69 bits per heavy atom. The third-order valence-corrected chi connectivity index (χ3v) is 7.56. The molecule has 0 aliphatic carbocycles. The first-order valence-electron chi connectivity index (χ1n) is 10.0. The molecule has 4 rings (SSSR count). The smallest absolute Gasteiger partial charge is 0.262 e. The van der Waals surface area contributed by atoms with Crippen LogP contribution in [0.2, 0.25) is 0 Å². The monoisotopic (exact) mass is 409 g/mol. The average Bonchev–Trinajstić information content (AvgIpc) is 3.10. The van der Waals surface area contributed by atoms with Crippen molar-refractivity contribution in [2.24, 2.45) is 0 Å². The number of hydrogen-bond acceptors (Lipinski definition) is 3. The summed E-state index contributed by atoms with van der Waals surface area (Å²) in [5, 5.41) is 0. The molecule has 0 spiro atoms. The van der Waals surface area contributed by atoms with E-state index in [-0.39, 0.29) is 0 Å². The summed E-state index contributed by atoms with van der Waals surface area (Å²) in [5.74, 6) is 1.07. The summed E-state index contributed by atoms with van der Waals surface area (Å²) in [6.07, 6.45) is 5.31. The van der Waals surface area contributed by atoms with Gasteiger partial charge in [0.05, 0.1) is 16.3 Å². The van der Waals surface area contributed by atoms with E-state index >= 15 is 0 Å². The molecule has 0 saturated carbocycles. The van der Waals surface area contributed by atoms with Gasteiger partial charge in [-0.25, -0.2) is 13.4 Å². The van der Waals surface area contributed by atoms with Crippen LogP contribution in [0.1, 0.15) is 40.9 Å². The molecule has 2 heterocycles. The van der Waals surface area contributed by atoms with Gasteiger partial charge in [-0.2, -0.15) is 0 Å². The van der Waals surface area contributed by atoms with E-state index in [0.717, 1.165) is 65.1 Å². The van der Waals surface area contributed by atoms with Gasteiger partial charge in [-0.1, -0.05) is 24.3 Å². The van der Waals surface area contributed by atoms with E-state index in [1.165, 1.54) is 0 Å². The molecule has 2 aromatic carbocycles. The Bertz CT molecular complexity index is 1140. The van der Waals surface area contributed by atoms with E-state index in [1.54, 1.807) is 6.07 Å². The van der Waals surface area contributed by atoms with Crippen molar-refractivity contribution in [3.8, 4) is 11.3 Å². The Labute approximate surface area is 172 Å². The van der Waals surface area contributed by atoms with Gasteiger partial charge in [-0.3, -0.25) is 4.72 Å². The van der Waals surface area contributed by atoms with Crippen molar-refractivity contribution in [2.45, 2.75) is 58.4 Å². The van der Waals surface area contributed by atoms with Gasteiger partial charge >= 0.3 is 0 Å². The van der Waals surface area contributed by atoms with Gasteiger partial charge in [-0.15, -0.1) is 0 Å². The van der Waals surface area contributed by atoms with Gasteiger partial charge in [0.15, 0.2) is 0 Å². The minimum Gasteiger partial charge on any atom is -0.334 e. The number of benzene rings is 2. The van der Waals surface area contributed by atoms with Crippen LogP contribution in [0.4, 0.5) is 5.69 Å². The normalized spacial score (nSPS) is 13.9. The maximum Gasteiger partial charge on any atom is 0.262 e. The molecule has 1 aliphatic rings.